The van der Waals surface area contributed by atoms with E-state index in [-0.39, 0.29) is 30.1 Å². The molecule has 13 heteroatoms. The van der Waals surface area contributed by atoms with Crippen LogP contribution < -0.4 is 5.69 Å². The molecule has 3 aromatic heterocycles. The number of hydrogen-bond acceptors (Lipinski definition) is 8. The number of likely N-dealkylation sites (tertiary alicyclic amines) is 1. The van der Waals surface area contributed by atoms with Gasteiger partial charge in [-0.05, 0) is 49.4 Å². The summed E-state index contributed by atoms with van der Waals surface area (Å²) in [6.45, 7) is 3.03. The monoisotopic (exact) mass is 600 g/mol. The number of methoxy groups -OCH3 is 1. The number of halogens is 3. The number of piperidine rings is 1. The number of alkyl halides is 3. The van der Waals surface area contributed by atoms with Crippen LogP contribution in [0.25, 0.3) is 33.2 Å². The van der Waals surface area contributed by atoms with Gasteiger partial charge in [-0.25, -0.2) is 4.79 Å². The van der Waals surface area contributed by atoms with E-state index in [9.17, 15) is 18.0 Å². The summed E-state index contributed by atoms with van der Waals surface area (Å²) >= 11 is 0. The van der Waals surface area contributed by atoms with Crippen LogP contribution in [-0.2, 0) is 21.3 Å². The first-order valence-electron chi connectivity index (χ1n) is 14.6. The largest absolute Gasteiger partial charge is 0.420 e. The maximum absolute atomic E-state index is 14.0. The number of aryl methyl sites for hydroxylation is 1. The van der Waals surface area contributed by atoms with E-state index in [0.29, 0.717) is 54.8 Å². The lowest BCUT2D eigenvalue weighted by atomic mass is 10.0. The Labute approximate surface area is 246 Å². The molecule has 230 valence electrons. The van der Waals surface area contributed by atoms with Crippen LogP contribution in [0.15, 0.2) is 41.3 Å². The Kier molecular flexibility index (Phi) is 8.49. The van der Waals surface area contributed by atoms with Crippen molar-refractivity contribution in [1.82, 2.24) is 29.2 Å². The average Bonchev–Trinajstić information content (AvgIpc) is 3.29. The van der Waals surface area contributed by atoms with Gasteiger partial charge in [0.2, 0.25) is 0 Å². The smallest absolute Gasteiger partial charge is 0.381 e. The molecule has 43 heavy (non-hydrogen) atoms. The first-order valence-corrected chi connectivity index (χ1v) is 14.6. The second-order valence-corrected chi connectivity index (χ2v) is 11.2. The summed E-state index contributed by atoms with van der Waals surface area (Å²) in [7, 11) is 3.36. The van der Waals surface area contributed by atoms with Gasteiger partial charge in [0.1, 0.15) is 5.52 Å². The Bertz CT molecular complexity index is 1620. The van der Waals surface area contributed by atoms with E-state index in [1.165, 1.54) is 16.8 Å². The van der Waals surface area contributed by atoms with Gasteiger partial charge in [0, 0.05) is 70.2 Å². The van der Waals surface area contributed by atoms with Crippen molar-refractivity contribution < 1.29 is 27.4 Å². The highest BCUT2D eigenvalue weighted by Crippen LogP contribution is 2.36. The number of pyridine rings is 1. The van der Waals surface area contributed by atoms with Gasteiger partial charge in [0.05, 0.1) is 23.9 Å². The molecule has 0 amide bonds. The molecule has 5 heterocycles. The SMILES string of the molecule is COC1CCN(CCOC(c2ccc(-c3ccc4nnc5c(c4c3)n(C3CCOCC3)c(=O)n5C)cn2)C(F)(F)F)CC1. The van der Waals surface area contributed by atoms with Crippen LogP contribution >= 0.6 is 0 Å². The van der Waals surface area contributed by atoms with E-state index < -0.39 is 12.3 Å². The number of rotatable bonds is 8. The lowest BCUT2D eigenvalue weighted by molar-refractivity contribution is -0.226. The minimum absolute atomic E-state index is 0.0292. The van der Waals surface area contributed by atoms with E-state index >= 15 is 0 Å². The fraction of sp³-hybridized carbons (Fsp3) is 0.533. The molecule has 2 aliphatic heterocycles. The standard InChI is InChI=1S/C30H35F3N6O4/c1-37-28-26(39(29(37)40)21-9-14-42-15-10-21)23-17-19(3-5-24(23)35-36-28)20-4-6-25(34-18-20)27(30(31,32)33)43-16-13-38-11-7-22(41-2)8-12-38/h3-6,17-18,21-22,27H,7-16H2,1-2H3. The fourth-order valence-electron chi connectivity index (χ4n) is 6.10. The van der Waals surface area contributed by atoms with Crippen molar-refractivity contribution in [3.63, 3.8) is 0 Å². The Hall–Kier alpha value is -3.39. The average molecular weight is 601 g/mol. The van der Waals surface area contributed by atoms with Gasteiger partial charge >= 0.3 is 11.9 Å². The van der Waals surface area contributed by atoms with Crippen LogP contribution in [0, 0.1) is 0 Å². The zero-order valence-corrected chi connectivity index (χ0v) is 24.2. The molecule has 1 unspecified atom stereocenters. The highest BCUT2D eigenvalue weighted by molar-refractivity contribution is 6.02. The van der Waals surface area contributed by atoms with E-state index in [4.69, 9.17) is 14.2 Å². The first kappa shape index (κ1) is 29.7. The fourth-order valence-corrected chi connectivity index (χ4v) is 6.10. The van der Waals surface area contributed by atoms with E-state index in [1.807, 2.05) is 12.1 Å². The number of ether oxygens (including phenoxy) is 3. The molecular formula is C30H35F3N6O4. The number of hydrogen-bond donors (Lipinski definition) is 0. The quantitative estimate of drug-likeness (QED) is 0.293. The third kappa shape index (κ3) is 6.03. The van der Waals surface area contributed by atoms with Crippen molar-refractivity contribution in [1.29, 1.82) is 0 Å². The molecule has 0 radical (unpaired) electrons. The zero-order chi connectivity index (χ0) is 30.1. The van der Waals surface area contributed by atoms with Crippen LogP contribution in [0.3, 0.4) is 0 Å². The molecule has 0 bridgehead atoms. The molecule has 4 aromatic rings. The minimum atomic E-state index is -4.61. The lowest BCUT2D eigenvalue weighted by Gasteiger charge is -2.31. The lowest BCUT2D eigenvalue weighted by Crippen LogP contribution is -2.39. The van der Waals surface area contributed by atoms with Crippen molar-refractivity contribution in [2.75, 3.05) is 46.6 Å². The summed E-state index contributed by atoms with van der Waals surface area (Å²) in [5.74, 6) is 0. The van der Waals surface area contributed by atoms with E-state index in [1.54, 1.807) is 30.9 Å². The molecule has 1 atom stereocenters. The normalized spacial score (nSPS) is 18.5. The summed E-state index contributed by atoms with van der Waals surface area (Å²) < 4.78 is 61.5. The molecule has 2 saturated heterocycles. The molecular weight excluding hydrogens is 565 g/mol. The second kappa shape index (κ2) is 12.3. The zero-order valence-electron chi connectivity index (χ0n) is 24.2. The van der Waals surface area contributed by atoms with E-state index in [0.717, 1.165) is 36.9 Å². The molecule has 10 nitrogen and oxygen atoms in total. The van der Waals surface area contributed by atoms with Gasteiger partial charge in [-0.3, -0.25) is 14.1 Å². The third-order valence-electron chi connectivity index (χ3n) is 8.57. The Morgan fingerprint density at radius 3 is 2.47 bits per heavy atom. The molecule has 0 aliphatic carbocycles. The van der Waals surface area contributed by atoms with Crippen molar-refractivity contribution in [2.24, 2.45) is 7.05 Å². The predicted octanol–water partition coefficient (Wildman–Crippen LogP) is 4.43. The third-order valence-corrected chi connectivity index (χ3v) is 8.57. The molecule has 1 aromatic carbocycles. The number of fused-ring (bicyclic) bond motifs is 3. The van der Waals surface area contributed by atoms with Crippen molar-refractivity contribution in [3.8, 4) is 11.1 Å². The molecule has 0 N–H and O–H groups in total. The molecule has 0 saturated carbocycles. The van der Waals surface area contributed by atoms with Gasteiger partial charge < -0.3 is 19.1 Å². The number of aromatic nitrogens is 5. The van der Waals surface area contributed by atoms with Crippen LogP contribution in [0.5, 0.6) is 0 Å². The van der Waals surface area contributed by atoms with Crippen LogP contribution in [0.1, 0.15) is 43.5 Å². The highest BCUT2D eigenvalue weighted by Gasteiger charge is 2.43. The highest BCUT2D eigenvalue weighted by atomic mass is 19.4. The number of benzene rings is 1. The Morgan fingerprint density at radius 1 is 1.05 bits per heavy atom. The molecule has 2 fully saturated rings. The maximum Gasteiger partial charge on any atom is 0.420 e. The van der Waals surface area contributed by atoms with Crippen molar-refractivity contribution in [3.05, 3.63) is 52.7 Å². The second-order valence-electron chi connectivity index (χ2n) is 11.2. The van der Waals surface area contributed by atoms with Crippen LogP contribution in [0.4, 0.5) is 13.2 Å². The summed E-state index contributed by atoms with van der Waals surface area (Å²) in [5.41, 5.74) is 2.78. The minimum Gasteiger partial charge on any atom is -0.381 e. The topological polar surface area (TPSA) is 96.5 Å². The summed E-state index contributed by atoms with van der Waals surface area (Å²) in [5, 5.41) is 9.38. The maximum atomic E-state index is 14.0. The van der Waals surface area contributed by atoms with Gasteiger partial charge in [0.25, 0.3) is 0 Å². The van der Waals surface area contributed by atoms with Gasteiger partial charge in [-0.1, -0.05) is 12.1 Å². The number of nitrogens with zero attached hydrogens (tertiary/aromatic N) is 6. The first-order chi connectivity index (χ1) is 20.7. The van der Waals surface area contributed by atoms with Crippen molar-refractivity contribution >= 4 is 22.1 Å². The Morgan fingerprint density at radius 2 is 1.79 bits per heavy atom. The summed E-state index contributed by atoms with van der Waals surface area (Å²) in [6.07, 6.45) is -1.97. The van der Waals surface area contributed by atoms with E-state index in [2.05, 4.69) is 20.1 Å². The van der Waals surface area contributed by atoms with Gasteiger partial charge in [-0.2, -0.15) is 13.2 Å². The van der Waals surface area contributed by atoms with Crippen LogP contribution in [0.2, 0.25) is 0 Å². The Balaban J connectivity index is 1.25. The molecule has 0 spiro atoms. The molecule has 2 aliphatic rings. The van der Waals surface area contributed by atoms with Crippen molar-refractivity contribution in [2.45, 2.75) is 50.1 Å². The van der Waals surface area contributed by atoms with Crippen LogP contribution in [-0.4, -0.2) is 88.1 Å². The number of imidazole rings is 1. The van der Waals surface area contributed by atoms with Gasteiger partial charge in [-0.15, -0.1) is 10.2 Å². The molecule has 6 rings (SSSR count). The van der Waals surface area contributed by atoms with Gasteiger partial charge in [0.15, 0.2) is 11.8 Å². The summed E-state index contributed by atoms with van der Waals surface area (Å²) in [6, 6.07) is 8.46. The summed E-state index contributed by atoms with van der Waals surface area (Å²) in [4.78, 5) is 19.5. The predicted molar refractivity (Wildman–Crippen MR) is 154 cm³/mol.